The molecule has 1 aromatic rings. The van der Waals surface area contributed by atoms with Crippen molar-refractivity contribution >= 4 is 5.91 Å². The summed E-state index contributed by atoms with van der Waals surface area (Å²) in [5.74, 6) is 0.223. The van der Waals surface area contributed by atoms with E-state index in [1.54, 1.807) is 0 Å². The van der Waals surface area contributed by atoms with Crippen LogP contribution in [0.25, 0.3) is 0 Å². The molecule has 0 radical (unpaired) electrons. The van der Waals surface area contributed by atoms with Crippen molar-refractivity contribution in [2.45, 2.75) is 38.4 Å². The lowest BCUT2D eigenvalue weighted by atomic mass is 10.1. The molecule has 4 heteroatoms. The minimum Gasteiger partial charge on any atom is -0.320 e. The highest BCUT2D eigenvalue weighted by atomic mass is 16.2. The van der Waals surface area contributed by atoms with Gasteiger partial charge in [0.15, 0.2) is 0 Å². The normalized spacial score (nSPS) is 27.3. The Morgan fingerprint density at radius 3 is 2.52 bits per heavy atom. The maximum atomic E-state index is 12.4. The molecule has 0 aliphatic carbocycles. The van der Waals surface area contributed by atoms with Crippen molar-refractivity contribution in [2.75, 3.05) is 26.2 Å². The molecular formula is C17H25N3O. The molecule has 4 nitrogen and oxygen atoms in total. The number of rotatable bonds is 4. The molecule has 1 N–H and O–H groups in total. The first-order chi connectivity index (χ1) is 10.3. The standard InChI is InChI=1S/C17H25N3O/c1-14-17(21)20(13-12-19-10-6-3-7-11-19)16(18-14)15-8-4-2-5-9-15/h2,4-5,8-9,14,16,18H,3,6-7,10-13H2,1H3. The van der Waals surface area contributed by atoms with Crippen LogP contribution in [0.5, 0.6) is 0 Å². The minimum atomic E-state index is -0.0865. The number of likely N-dealkylation sites (tertiary alicyclic amines) is 1. The predicted molar refractivity (Wildman–Crippen MR) is 83.8 cm³/mol. The van der Waals surface area contributed by atoms with Gasteiger partial charge in [-0.05, 0) is 38.4 Å². The summed E-state index contributed by atoms with van der Waals surface area (Å²) in [4.78, 5) is 16.9. The number of amides is 1. The summed E-state index contributed by atoms with van der Waals surface area (Å²) < 4.78 is 0. The molecule has 3 rings (SSSR count). The van der Waals surface area contributed by atoms with E-state index in [4.69, 9.17) is 0 Å². The van der Waals surface area contributed by atoms with Crippen molar-refractivity contribution in [1.82, 2.24) is 15.1 Å². The summed E-state index contributed by atoms with van der Waals surface area (Å²) in [6.45, 7) is 6.13. The summed E-state index contributed by atoms with van der Waals surface area (Å²) in [5.41, 5.74) is 1.17. The highest BCUT2D eigenvalue weighted by Crippen LogP contribution is 2.25. The molecular weight excluding hydrogens is 262 g/mol. The molecule has 1 amide bonds. The largest absolute Gasteiger partial charge is 0.320 e. The van der Waals surface area contributed by atoms with E-state index in [-0.39, 0.29) is 18.1 Å². The van der Waals surface area contributed by atoms with E-state index in [0.717, 1.165) is 13.1 Å². The molecule has 2 aliphatic rings. The van der Waals surface area contributed by atoms with Gasteiger partial charge >= 0.3 is 0 Å². The number of nitrogens with one attached hydrogen (secondary N) is 1. The van der Waals surface area contributed by atoms with Crippen LogP contribution in [0.1, 0.15) is 37.9 Å². The van der Waals surface area contributed by atoms with Crippen LogP contribution in [0.3, 0.4) is 0 Å². The minimum absolute atomic E-state index is 0.0264. The molecule has 1 aromatic carbocycles. The number of hydrogen-bond acceptors (Lipinski definition) is 3. The second-order valence-electron chi connectivity index (χ2n) is 6.14. The van der Waals surface area contributed by atoms with Crippen molar-refractivity contribution in [2.24, 2.45) is 0 Å². The second-order valence-corrected chi connectivity index (χ2v) is 6.14. The number of carbonyl (C=O) groups is 1. The Kier molecular flexibility index (Phi) is 4.56. The molecule has 114 valence electrons. The van der Waals surface area contributed by atoms with E-state index >= 15 is 0 Å². The van der Waals surface area contributed by atoms with E-state index in [2.05, 4.69) is 22.3 Å². The highest BCUT2D eigenvalue weighted by Gasteiger charge is 2.36. The zero-order valence-electron chi connectivity index (χ0n) is 12.8. The fourth-order valence-corrected chi connectivity index (χ4v) is 3.36. The van der Waals surface area contributed by atoms with Crippen LogP contribution >= 0.6 is 0 Å². The number of carbonyl (C=O) groups excluding carboxylic acids is 1. The molecule has 0 spiro atoms. The van der Waals surface area contributed by atoms with Gasteiger partial charge in [-0.15, -0.1) is 0 Å². The van der Waals surface area contributed by atoms with Crippen molar-refractivity contribution in [1.29, 1.82) is 0 Å². The third-order valence-electron chi connectivity index (χ3n) is 4.59. The lowest BCUT2D eigenvalue weighted by Crippen LogP contribution is -2.40. The molecule has 2 saturated heterocycles. The summed E-state index contributed by atoms with van der Waals surface area (Å²) >= 11 is 0. The molecule has 2 fully saturated rings. The number of nitrogens with zero attached hydrogens (tertiary/aromatic N) is 2. The highest BCUT2D eigenvalue weighted by molar-refractivity contribution is 5.84. The van der Waals surface area contributed by atoms with E-state index < -0.39 is 0 Å². The maximum Gasteiger partial charge on any atom is 0.241 e. The SMILES string of the molecule is CC1NC(c2ccccc2)N(CCN2CCCCC2)C1=O. The monoisotopic (exact) mass is 287 g/mol. The van der Waals surface area contributed by atoms with Gasteiger partial charge in [0, 0.05) is 13.1 Å². The van der Waals surface area contributed by atoms with Crippen LogP contribution in [-0.2, 0) is 4.79 Å². The molecule has 2 unspecified atom stereocenters. The lowest BCUT2D eigenvalue weighted by Gasteiger charge is -2.30. The molecule has 0 aromatic heterocycles. The third-order valence-corrected chi connectivity index (χ3v) is 4.59. The Bertz CT molecular complexity index is 470. The Balaban J connectivity index is 1.66. The smallest absolute Gasteiger partial charge is 0.241 e. The Hall–Kier alpha value is -1.39. The second kappa shape index (κ2) is 6.58. The van der Waals surface area contributed by atoms with Crippen molar-refractivity contribution in [3.05, 3.63) is 35.9 Å². The first kappa shape index (κ1) is 14.5. The fourth-order valence-electron chi connectivity index (χ4n) is 3.36. The van der Waals surface area contributed by atoms with Crippen LogP contribution < -0.4 is 5.32 Å². The van der Waals surface area contributed by atoms with Gasteiger partial charge in [-0.1, -0.05) is 36.8 Å². The molecule has 2 heterocycles. The van der Waals surface area contributed by atoms with Crippen LogP contribution in [0.4, 0.5) is 0 Å². The van der Waals surface area contributed by atoms with E-state index in [1.165, 1.54) is 37.9 Å². The summed E-state index contributed by atoms with van der Waals surface area (Å²) in [7, 11) is 0. The molecule has 2 atom stereocenters. The van der Waals surface area contributed by atoms with E-state index in [0.29, 0.717) is 0 Å². The van der Waals surface area contributed by atoms with E-state index in [1.807, 2.05) is 30.0 Å². The van der Waals surface area contributed by atoms with Crippen LogP contribution in [0.15, 0.2) is 30.3 Å². The number of piperidine rings is 1. The molecule has 21 heavy (non-hydrogen) atoms. The predicted octanol–water partition coefficient (Wildman–Crippen LogP) is 1.99. The zero-order chi connectivity index (χ0) is 14.7. The van der Waals surface area contributed by atoms with Crippen LogP contribution in [0, 0.1) is 0 Å². The maximum absolute atomic E-state index is 12.4. The summed E-state index contributed by atoms with van der Waals surface area (Å²) in [6, 6.07) is 10.2. The van der Waals surface area contributed by atoms with Gasteiger partial charge in [0.25, 0.3) is 0 Å². The third kappa shape index (κ3) is 3.27. The van der Waals surface area contributed by atoms with Gasteiger partial charge < -0.3 is 9.80 Å². The fraction of sp³-hybridized carbons (Fsp3) is 0.588. The molecule has 0 bridgehead atoms. The quantitative estimate of drug-likeness (QED) is 0.920. The summed E-state index contributed by atoms with van der Waals surface area (Å²) in [6.07, 6.45) is 3.97. The lowest BCUT2D eigenvalue weighted by molar-refractivity contribution is -0.130. The van der Waals surface area contributed by atoms with Crippen LogP contribution in [-0.4, -0.2) is 47.9 Å². The Morgan fingerprint density at radius 1 is 1.10 bits per heavy atom. The average Bonchev–Trinajstić information content (AvgIpc) is 2.82. The topological polar surface area (TPSA) is 35.6 Å². The van der Waals surface area contributed by atoms with E-state index in [9.17, 15) is 4.79 Å². The number of benzene rings is 1. The van der Waals surface area contributed by atoms with Gasteiger partial charge in [0.2, 0.25) is 5.91 Å². The first-order valence-corrected chi connectivity index (χ1v) is 8.09. The summed E-state index contributed by atoms with van der Waals surface area (Å²) in [5, 5.41) is 3.42. The van der Waals surface area contributed by atoms with Gasteiger partial charge in [0.1, 0.15) is 6.17 Å². The average molecular weight is 287 g/mol. The van der Waals surface area contributed by atoms with Crippen molar-refractivity contribution in [3.63, 3.8) is 0 Å². The Morgan fingerprint density at radius 2 is 1.81 bits per heavy atom. The van der Waals surface area contributed by atoms with Crippen LogP contribution in [0.2, 0.25) is 0 Å². The zero-order valence-corrected chi connectivity index (χ0v) is 12.8. The molecule has 0 saturated carbocycles. The van der Waals surface area contributed by atoms with Crippen molar-refractivity contribution < 1.29 is 4.79 Å². The van der Waals surface area contributed by atoms with Gasteiger partial charge in [-0.25, -0.2) is 0 Å². The Labute approximate surface area is 127 Å². The van der Waals surface area contributed by atoms with Gasteiger partial charge in [-0.2, -0.15) is 0 Å². The van der Waals surface area contributed by atoms with Gasteiger partial charge in [-0.3, -0.25) is 10.1 Å². The first-order valence-electron chi connectivity index (χ1n) is 8.09. The number of hydrogen-bond donors (Lipinski definition) is 1. The van der Waals surface area contributed by atoms with Gasteiger partial charge in [0.05, 0.1) is 6.04 Å². The molecule has 2 aliphatic heterocycles. The van der Waals surface area contributed by atoms with Crippen molar-refractivity contribution in [3.8, 4) is 0 Å².